The number of rotatable bonds is 7. The molecule has 1 unspecified atom stereocenters. The minimum absolute atomic E-state index is 0.0362. The quantitative estimate of drug-likeness (QED) is 0.802. The predicted molar refractivity (Wildman–Crippen MR) is 77.9 cm³/mol. The van der Waals surface area contributed by atoms with Gasteiger partial charge in [-0.3, -0.25) is 0 Å². The Labute approximate surface area is 112 Å². The van der Waals surface area contributed by atoms with Crippen molar-refractivity contribution in [3.63, 3.8) is 0 Å². The molecule has 0 fully saturated rings. The van der Waals surface area contributed by atoms with Crippen molar-refractivity contribution in [1.29, 1.82) is 0 Å². The van der Waals surface area contributed by atoms with Crippen molar-refractivity contribution in [3.8, 4) is 0 Å². The van der Waals surface area contributed by atoms with Crippen LogP contribution in [-0.2, 0) is 11.2 Å². The third kappa shape index (κ3) is 4.79. The van der Waals surface area contributed by atoms with Crippen LogP contribution in [0.3, 0.4) is 0 Å². The molecule has 0 aliphatic heterocycles. The topological polar surface area (TPSA) is 35.2 Å². The molecule has 2 heteroatoms. The zero-order chi connectivity index (χ0) is 13.6. The van der Waals surface area contributed by atoms with Crippen LogP contribution in [0.1, 0.15) is 50.7 Å². The highest BCUT2D eigenvalue weighted by Gasteiger charge is 2.15. The molecule has 0 aromatic heterocycles. The highest BCUT2D eigenvalue weighted by Crippen LogP contribution is 2.21. The van der Waals surface area contributed by atoms with Gasteiger partial charge in [0.2, 0.25) is 0 Å². The molecule has 1 aromatic carbocycles. The summed E-state index contributed by atoms with van der Waals surface area (Å²) in [5.74, 6) is 0.555. The smallest absolute Gasteiger partial charge is 0.0625 e. The van der Waals surface area contributed by atoms with Crippen LogP contribution in [0.4, 0.5) is 0 Å². The molecular weight excluding hydrogens is 222 g/mol. The van der Waals surface area contributed by atoms with Crippen molar-refractivity contribution in [2.45, 2.75) is 51.6 Å². The molecule has 2 N–H and O–H groups in total. The molecule has 0 spiro atoms. The van der Waals surface area contributed by atoms with Gasteiger partial charge >= 0.3 is 0 Å². The van der Waals surface area contributed by atoms with E-state index in [2.05, 4.69) is 45.0 Å². The molecule has 1 atom stereocenters. The van der Waals surface area contributed by atoms with E-state index in [0.717, 1.165) is 25.8 Å². The number of benzene rings is 1. The largest absolute Gasteiger partial charge is 0.379 e. The highest BCUT2D eigenvalue weighted by molar-refractivity contribution is 5.25. The molecule has 102 valence electrons. The number of hydrogen-bond acceptors (Lipinski definition) is 2. The summed E-state index contributed by atoms with van der Waals surface area (Å²) in [5, 5.41) is 0. The second-order valence-corrected chi connectivity index (χ2v) is 5.68. The Balaban J connectivity index is 2.55. The van der Waals surface area contributed by atoms with Crippen LogP contribution in [0.5, 0.6) is 0 Å². The lowest BCUT2D eigenvalue weighted by Gasteiger charge is -2.22. The summed E-state index contributed by atoms with van der Waals surface area (Å²) in [7, 11) is 1.78. The molecule has 0 heterocycles. The SMILES string of the molecule is COC(C)(C)CCc1ccc(C(C)CCN)cc1. The molecule has 2 nitrogen and oxygen atoms in total. The fourth-order valence-electron chi connectivity index (χ4n) is 1.98. The monoisotopic (exact) mass is 249 g/mol. The van der Waals surface area contributed by atoms with Crippen LogP contribution in [-0.4, -0.2) is 19.3 Å². The predicted octanol–water partition coefficient (Wildman–Crippen LogP) is 3.50. The lowest BCUT2D eigenvalue weighted by Crippen LogP contribution is -2.22. The normalized spacial score (nSPS) is 13.6. The molecule has 18 heavy (non-hydrogen) atoms. The molecule has 1 aromatic rings. The van der Waals surface area contributed by atoms with Crippen molar-refractivity contribution in [1.82, 2.24) is 0 Å². The third-order valence-corrected chi connectivity index (χ3v) is 3.72. The molecule has 0 saturated heterocycles. The standard InChI is InChI=1S/C16H27NO/c1-13(10-12-17)15-7-5-14(6-8-15)9-11-16(2,3)18-4/h5-8,13H,9-12,17H2,1-4H3. The molecule has 1 rings (SSSR count). The Morgan fingerprint density at radius 3 is 2.33 bits per heavy atom. The fraction of sp³-hybridized carbons (Fsp3) is 0.625. The molecule has 0 radical (unpaired) electrons. The van der Waals surface area contributed by atoms with Gasteiger partial charge in [-0.1, -0.05) is 31.2 Å². The Bertz CT molecular complexity index is 343. The summed E-state index contributed by atoms with van der Waals surface area (Å²) in [6.45, 7) is 7.25. The molecule has 0 bridgehead atoms. The van der Waals surface area contributed by atoms with Gasteiger partial charge in [-0.2, -0.15) is 0 Å². The Morgan fingerprint density at radius 1 is 1.22 bits per heavy atom. The van der Waals surface area contributed by atoms with Gasteiger partial charge in [-0.05, 0) is 56.7 Å². The minimum atomic E-state index is -0.0362. The van der Waals surface area contributed by atoms with E-state index >= 15 is 0 Å². The molecular formula is C16H27NO. The average molecular weight is 249 g/mol. The lowest BCUT2D eigenvalue weighted by molar-refractivity contribution is 0.0158. The Kier molecular flexibility index (Phi) is 5.83. The van der Waals surface area contributed by atoms with Gasteiger partial charge in [0.1, 0.15) is 0 Å². The summed E-state index contributed by atoms with van der Waals surface area (Å²) in [5.41, 5.74) is 8.32. The summed E-state index contributed by atoms with van der Waals surface area (Å²) >= 11 is 0. The second kappa shape index (κ2) is 6.91. The summed E-state index contributed by atoms with van der Waals surface area (Å²) in [6, 6.07) is 8.92. The first-order chi connectivity index (χ1) is 8.48. The number of nitrogens with two attached hydrogens (primary N) is 1. The van der Waals surface area contributed by atoms with Gasteiger partial charge in [0.15, 0.2) is 0 Å². The maximum absolute atomic E-state index is 5.59. The number of aryl methyl sites for hydroxylation is 1. The molecule has 0 aliphatic carbocycles. The van der Waals surface area contributed by atoms with Crippen LogP contribution >= 0.6 is 0 Å². The maximum Gasteiger partial charge on any atom is 0.0625 e. The van der Waals surface area contributed by atoms with Crippen LogP contribution in [0, 0.1) is 0 Å². The van der Waals surface area contributed by atoms with E-state index < -0.39 is 0 Å². The van der Waals surface area contributed by atoms with Crippen molar-refractivity contribution in [3.05, 3.63) is 35.4 Å². The Hall–Kier alpha value is -0.860. The first kappa shape index (κ1) is 15.2. The zero-order valence-electron chi connectivity index (χ0n) is 12.2. The number of ether oxygens (including phenoxy) is 1. The second-order valence-electron chi connectivity index (χ2n) is 5.68. The van der Waals surface area contributed by atoms with E-state index in [-0.39, 0.29) is 5.60 Å². The third-order valence-electron chi connectivity index (χ3n) is 3.72. The van der Waals surface area contributed by atoms with Gasteiger partial charge in [-0.15, -0.1) is 0 Å². The summed E-state index contributed by atoms with van der Waals surface area (Å²) in [6.07, 6.45) is 3.16. The molecule has 0 aliphatic rings. The van der Waals surface area contributed by atoms with Crippen molar-refractivity contribution >= 4 is 0 Å². The van der Waals surface area contributed by atoms with E-state index in [4.69, 9.17) is 10.5 Å². The highest BCUT2D eigenvalue weighted by atomic mass is 16.5. The first-order valence-electron chi connectivity index (χ1n) is 6.82. The molecule has 0 amide bonds. The molecule has 0 saturated carbocycles. The van der Waals surface area contributed by atoms with Crippen molar-refractivity contribution in [2.24, 2.45) is 5.73 Å². The average Bonchev–Trinajstić information content (AvgIpc) is 2.37. The van der Waals surface area contributed by atoms with Gasteiger partial charge < -0.3 is 10.5 Å². The van der Waals surface area contributed by atoms with Crippen LogP contribution < -0.4 is 5.73 Å². The van der Waals surface area contributed by atoms with E-state index in [9.17, 15) is 0 Å². The number of methoxy groups -OCH3 is 1. The van der Waals surface area contributed by atoms with Crippen molar-refractivity contribution in [2.75, 3.05) is 13.7 Å². The lowest BCUT2D eigenvalue weighted by atomic mass is 9.94. The van der Waals surface area contributed by atoms with Gasteiger partial charge in [0.25, 0.3) is 0 Å². The summed E-state index contributed by atoms with van der Waals surface area (Å²) < 4.78 is 5.44. The zero-order valence-corrected chi connectivity index (χ0v) is 12.2. The first-order valence-corrected chi connectivity index (χ1v) is 6.82. The fourth-order valence-corrected chi connectivity index (χ4v) is 1.98. The van der Waals surface area contributed by atoms with Crippen molar-refractivity contribution < 1.29 is 4.74 Å². The minimum Gasteiger partial charge on any atom is -0.379 e. The van der Waals surface area contributed by atoms with E-state index in [1.54, 1.807) is 7.11 Å². The maximum atomic E-state index is 5.59. The van der Waals surface area contributed by atoms with E-state index in [1.807, 2.05) is 0 Å². The van der Waals surface area contributed by atoms with Gasteiger partial charge in [-0.25, -0.2) is 0 Å². The van der Waals surface area contributed by atoms with Gasteiger partial charge in [0.05, 0.1) is 5.60 Å². The van der Waals surface area contributed by atoms with E-state index in [1.165, 1.54) is 11.1 Å². The van der Waals surface area contributed by atoms with Crippen LogP contribution in [0.15, 0.2) is 24.3 Å². The Morgan fingerprint density at radius 2 is 1.83 bits per heavy atom. The van der Waals surface area contributed by atoms with Crippen LogP contribution in [0.2, 0.25) is 0 Å². The van der Waals surface area contributed by atoms with Gasteiger partial charge in [0, 0.05) is 7.11 Å². The van der Waals surface area contributed by atoms with Crippen LogP contribution in [0.25, 0.3) is 0 Å². The summed E-state index contributed by atoms with van der Waals surface area (Å²) in [4.78, 5) is 0. The van der Waals surface area contributed by atoms with E-state index in [0.29, 0.717) is 5.92 Å². The number of hydrogen-bond donors (Lipinski definition) is 1.